The molecule has 4 N–H and O–H groups in total. The molecule has 0 aromatic rings. The molecule has 1 unspecified atom stereocenters. The average molecular weight is 288 g/mol. The first-order valence-corrected chi connectivity index (χ1v) is 6.92. The van der Waals surface area contributed by atoms with Crippen molar-refractivity contribution >= 4 is 18.0 Å². The molecule has 7 heteroatoms. The molecule has 2 amide bonds. The zero-order chi connectivity index (χ0) is 15.5. The molecule has 0 fully saturated rings. The summed E-state index contributed by atoms with van der Waals surface area (Å²) in [6, 6.07) is -2.06. The minimum atomic E-state index is -1.42. The number of aliphatic carboxylic acids is 2. The van der Waals surface area contributed by atoms with E-state index in [1.54, 1.807) is 0 Å². The average Bonchev–Trinajstić information content (AvgIpc) is 2.34. The summed E-state index contributed by atoms with van der Waals surface area (Å²) in [5.74, 6) is -2.63. The third kappa shape index (κ3) is 8.34. The summed E-state index contributed by atoms with van der Waals surface area (Å²) in [5.41, 5.74) is 0. The van der Waals surface area contributed by atoms with E-state index in [1.807, 2.05) is 6.92 Å². The molecular formula is C13H24N2O5. The van der Waals surface area contributed by atoms with E-state index in [4.69, 9.17) is 10.2 Å². The minimum Gasteiger partial charge on any atom is -0.481 e. The van der Waals surface area contributed by atoms with E-state index < -0.39 is 30.4 Å². The van der Waals surface area contributed by atoms with Gasteiger partial charge in [-0.2, -0.15) is 0 Å². The van der Waals surface area contributed by atoms with Gasteiger partial charge < -0.3 is 20.8 Å². The Kier molecular flexibility index (Phi) is 9.15. The number of rotatable bonds is 10. The quantitative estimate of drug-likeness (QED) is 0.487. The largest absolute Gasteiger partial charge is 0.481 e. The van der Waals surface area contributed by atoms with E-state index in [-0.39, 0.29) is 6.04 Å². The van der Waals surface area contributed by atoms with Crippen LogP contribution in [0.25, 0.3) is 0 Å². The van der Waals surface area contributed by atoms with Gasteiger partial charge in [0, 0.05) is 6.04 Å². The van der Waals surface area contributed by atoms with Gasteiger partial charge >= 0.3 is 18.0 Å². The lowest BCUT2D eigenvalue weighted by molar-refractivity contribution is -0.145. The van der Waals surface area contributed by atoms with Crippen LogP contribution >= 0.6 is 0 Å². The highest BCUT2D eigenvalue weighted by atomic mass is 16.4. The topological polar surface area (TPSA) is 116 Å². The molecule has 0 heterocycles. The molecule has 116 valence electrons. The lowest BCUT2D eigenvalue weighted by Gasteiger charge is -2.20. The van der Waals surface area contributed by atoms with Gasteiger partial charge in [-0.05, 0) is 12.8 Å². The van der Waals surface area contributed by atoms with Crippen LogP contribution in [0, 0.1) is 0 Å². The van der Waals surface area contributed by atoms with Gasteiger partial charge in [0.15, 0.2) is 0 Å². The van der Waals surface area contributed by atoms with Gasteiger partial charge in [0.05, 0.1) is 6.42 Å². The van der Waals surface area contributed by atoms with Gasteiger partial charge in [-0.25, -0.2) is 9.59 Å². The molecule has 0 aliphatic rings. The summed E-state index contributed by atoms with van der Waals surface area (Å²) < 4.78 is 0. The number of unbranched alkanes of at least 4 members (excludes halogenated alkanes) is 1. The Bertz CT molecular complexity index is 333. The van der Waals surface area contributed by atoms with Crippen LogP contribution in [0.5, 0.6) is 0 Å². The Hall–Kier alpha value is -1.79. The predicted octanol–water partition coefficient (Wildman–Crippen LogP) is 1.57. The van der Waals surface area contributed by atoms with Gasteiger partial charge in [0.1, 0.15) is 6.04 Å². The molecule has 0 saturated carbocycles. The van der Waals surface area contributed by atoms with Crippen LogP contribution in [0.2, 0.25) is 0 Å². The standard InChI is InChI=1S/C13H24N2O5/c1-3-5-7-9(6-4-2)14-13(20)15-10(12(18)19)8-11(16)17/h9-10H,3-8H2,1-2H3,(H,16,17)(H,18,19)(H2,14,15,20)/t9?,10-/m1/s1. The van der Waals surface area contributed by atoms with Gasteiger partial charge in [-0.1, -0.05) is 33.1 Å². The van der Waals surface area contributed by atoms with Crippen molar-refractivity contribution in [3.05, 3.63) is 0 Å². The molecular weight excluding hydrogens is 264 g/mol. The molecule has 20 heavy (non-hydrogen) atoms. The summed E-state index contributed by atoms with van der Waals surface area (Å²) in [6.07, 6.45) is 3.89. The van der Waals surface area contributed by atoms with E-state index in [0.29, 0.717) is 0 Å². The van der Waals surface area contributed by atoms with E-state index >= 15 is 0 Å². The SMILES string of the molecule is CCCCC(CCC)NC(=O)N[C@H](CC(=O)O)C(=O)O. The lowest BCUT2D eigenvalue weighted by atomic mass is 10.1. The maximum absolute atomic E-state index is 11.7. The second-order valence-corrected chi connectivity index (χ2v) is 4.73. The van der Waals surface area contributed by atoms with Gasteiger partial charge in [-0.15, -0.1) is 0 Å². The summed E-state index contributed by atoms with van der Waals surface area (Å²) in [6.45, 7) is 4.05. The molecule has 0 saturated heterocycles. The van der Waals surface area contributed by atoms with Crippen LogP contribution in [0.1, 0.15) is 52.4 Å². The highest BCUT2D eigenvalue weighted by Gasteiger charge is 2.23. The highest BCUT2D eigenvalue weighted by molar-refractivity contribution is 5.86. The Morgan fingerprint density at radius 1 is 1.00 bits per heavy atom. The Labute approximate surface area is 118 Å². The third-order valence-corrected chi connectivity index (χ3v) is 2.86. The van der Waals surface area contributed by atoms with Gasteiger partial charge in [-0.3, -0.25) is 4.79 Å². The normalized spacial score (nSPS) is 13.3. The van der Waals surface area contributed by atoms with E-state index in [2.05, 4.69) is 17.6 Å². The van der Waals surface area contributed by atoms with Crippen molar-refractivity contribution in [2.75, 3.05) is 0 Å². The van der Waals surface area contributed by atoms with Crippen molar-refractivity contribution in [1.82, 2.24) is 10.6 Å². The number of amides is 2. The first-order chi connectivity index (χ1) is 9.40. The van der Waals surface area contributed by atoms with Crippen molar-refractivity contribution in [1.29, 1.82) is 0 Å². The fourth-order valence-corrected chi connectivity index (χ4v) is 1.85. The Balaban J connectivity index is 4.39. The van der Waals surface area contributed by atoms with Crippen molar-refractivity contribution in [3.8, 4) is 0 Å². The van der Waals surface area contributed by atoms with Gasteiger partial charge in [0.2, 0.25) is 0 Å². The van der Waals surface area contributed by atoms with Crippen LogP contribution in [0.15, 0.2) is 0 Å². The molecule has 0 rings (SSSR count). The number of carbonyl (C=O) groups is 3. The van der Waals surface area contributed by atoms with E-state index in [9.17, 15) is 14.4 Å². The molecule has 2 atom stereocenters. The van der Waals surface area contributed by atoms with E-state index in [1.165, 1.54) is 0 Å². The Morgan fingerprint density at radius 2 is 1.65 bits per heavy atom. The number of carbonyl (C=O) groups excluding carboxylic acids is 1. The number of urea groups is 1. The summed E-state index contributed by atoms with van der Waals surface area (Å²) in [4.78, 5) is 33.1. The van der Waals surface area contributed by atoms with Crippen molar-refractivity contribution < 1.29 is 24.6 Å². The maximum atomic E-state index is 11.7. The Morgan fingerprint density at radius 3 is 2.10 bits per heavy atom. The van der Waals surface area contributed by atoms with Gasteiger partial charge in [0.25, 0.3) is 0 Å². The zero-order valence-electron chi connectivity index (χ0n) is 12.0. The highest BCUT2D eigenvalue weighted by Crippen LogP contribution is 2.06. The lowest BCUT2D eigenvalue weighted by Crippen LogP contribution is -2.49. The second-order valence-electron chi connectivity index (χ2n) is 4.73. The number of hydrogen-bond donors (Lipinski definition) is 4. The molecule has 0 aromatic carbocycles. The molecule has 0 aliphatic carbocycles. The van der Waals surface area contributed by atoms with Crippen LogP contribution in [0.3, 0.4) is 0 Å². The van der Waals surface area contributed by atoms with Crippen LogP contribution < -0.4 is 10.6 Å². The smallest absolute Gasteiger partial charge is 0.326 e. The molecule has 7 nitrogen and oxygen atoms in total. The molecule has 0 radical (unpaired) electrons. The maximum Gasteiger partial charge on any atom is 0.326 e. The predicted molar refractivity (Wildman–Crippen MR) is 73.6 cm³/mol. The molecule has 0 aliphatic heterocycles. The van der Waals surface area contributed by atoms with Crippen molar-refractivity contribution in [3.63, 3.8) is 0 Å². The number of nitrogens with one attached hydrogen (secondary N) is 2. The number of carboxylic acids is 2. The van der Waals surface area contributed by atoms with Crippen molar-refractivity contribution in [2.45, 2.75) is 64.5 Å². The first kappa shape index (κ1) is 18.2. The van der Waals surface area contributed by atoms with E-state index in [0.717, 1.165) is 32.1 Å². The monoisotopic (exact) mass is 288 g/mol. The molecule has 0 spiro atoms. The van der Waals surface area contributed by atoms with Crippen LogP contribution in [-0.2, 0) is 9.59 Å². The molecule has 0 bridgehead atoms. The number of hydrogen-bond acceptors (Lipinski definition) is 3. The summed E-state index contributed by atoms with van der Waals surface area (Å²) in [5, 5.41) is 22.3. The zero-order valence-corrected chi connectivity index (χ0v) is 12.0. The fraction of sp³-hybridized carbons (Fsp3) is 0.769. The summed E-state index contributed by atoms with van der Waals surface area (Å²) in [7, 11) is 0. The van der Waals surface area contributed by atoms with Crippen LogP contribution in [-0.4, -0.2) is 40.3 Å². The summed E-state index contributed by atoms with van der Waals surface area (Å²) >= 11 is 0. The van der Waals surface area contributed by atoms with Crippen LogP contribution in [0.4, 0.5) is 4.79 Å². The minimum absolute atomic E-state index is 0.0146. The molecule has 0 aromatic heterocycles. The first-order valence-electron chi connectivity index (χ1n) is 6.92. The second kappa shape index (κ2) is 10.1. The fourth-order valence-electron chi connectivity index (χ4n) is 1.85. The third-order valence-electron chi connectivity index (χ3n) is 2.86. The number of carboxylic acid groups (broad SMARTS) is 2. The van der Waals surface area contributed by atoms with Crippen molar-refractivity contribution in [2.24, 2.45) is 0 Å².